The number of hydrogen-bond acceptors (Lipinski definition) is 4. The fourth-order valence-electron chi connectivity index (χ4n) is 1.02. The normalized spacial score (nSPS) is 10.8. The zero-order chi connectivity index (χ0) is 8.55. The van der Waals surface area contributed by atoms with Crippen LogP contribution in [-0.2, 0) is 13.5 Å². The largest absolute Gasteiger partial charge is 0.230 e. The molecule has 0 aliphatic heterocycles. The molecule has 0 atom stereocenters. The average Bonchev–Trinajstić information content (AvgIpc) is 2.47. The molecule has 2 aromatic rings. The van der Waals surface area contributed by atoms with Gasteiger partial charge in [0.05, 0.1) is 11.9 Å². The number of hydrogen-bond donors (Lipinski definition) is 0. The first kappa shape index (κ1) is 7.15. The van der Waals surface area contributed by atoms with Crippen LogP contribution in [0.5, 0.6) is 0 Å². The summed E-state index contributed by atoms with van der Waals surface area (Å²) in [5.74, 6) is 0. The predicted molar refractivity (Wildman–Crippen MR) is 43.5 cm³/mol. The smallest absolute Gasteiger partial charge is 0.221 e. The highest BCUT2D eigenvalue weighted by Crippen LogP contribution is 2.04. The topological polar surface area (TPSA) is 56.5 Å². The Morgan fingerprint density at radius 3 is 3.08 bits per heavy atom. The van der Waals surface area contributed by atoms with Crippen molar-refractivity contribution in [1.82, 2.24) is 25.0 Å². The quantitative estimate of drug-likeness (QED) is 0.607. The summed E-state index contributed by atoms with van der Waals surface area (Å²) >= 11 is 0. The molecule has 0 saturated carbocycles. The van der Waals surface area contributed by atoms with Gasteiger partial charge in [-0.1, -0.05) is 12.1 Å². The minimum atomic E-state index is 0.606. The Bertz CT molecular complexity index is 405. The molecule has 0 spiro atoms. The van der Waals surface area contributed by atoms with E-state index in [1.165, 1.54) is 0 Å². The van der Waals surface area contributed by atoms with Gasteiger partial charge in [0.1, 0.15) is 0 Å². The highest BCUT2D eigenvalue weighted by Gasteiger charge is 2.03. The first-order valence-corrected chi connectivity index (χ1v) is 3.82. The van der Waals surface area contributed by atoms with E-state index in [-0.39, 0.29) is 0 Å². The Morgan fingerprint density at radius 1 is 1.50 bits per heavy atom. The van der Waals surface area contributed by atoms with E-state index in [1.807, 2.05) is 14.0 Å². The Kier molecular flexibility index (Phi) is 1.49. The third-order valence-corrected chi connectivity index (χ3v) is 1.73. The molecular weight excluding hydrogens is 154 g/mol. The first-order valence-electron chi connectivity index (χ1n) is 3.82. The lowest BCUT2D eigenvalue weighted by molar-refractivity contribution is 0.728. The number of nitrogens with zero attached hydrogens (tertiary/aromatic N) is 5. The van der Waals surface area contributed by atoms with E-state index in [0.29, 0.717) is 5.65 Å². The van der Waals surface area contributed by atoms with Gasteiger partial charge < -0.3 is 0 Å². The summed E-state index contributed by atoms with van der Waals surface area (Å²) in [6.07, 6.45) is 2.62. The summed E-state index contributed by atoms with van der Waals surface area (Å²) in [5.41, 5.74) is 2.32. The molecule has 5 nitrogen and oxygen atoms in total. The Balaban J connectivity index is 2.71. The highest BCUT2D eigenvalue weighted by molar-refractivity contribution is 5.63. The molecule has 0 N–H and O–H groups in total. The van der Waals surface area contributed by atoms with Gasteiger partial charge in [0.15, 0.2) is 5.65 Å². The molecule has 0 aromatic carbocycles. The van der Waals surface area contributed by atoms with E-state index >= 15 is 0 Å². The predicted octanol–water partition coefficient (Wildman–Crippen LogP) is 0.321. The van der Waals surface area contributed by atoms with Crippen molar-refractivity contribution < 1.29 is 0 Å². The summed E-state index contributed by atoms with van der Waals surface area (Å²) in [6.45, 7) is 2.04. The summed E-state index contributed by atoms with van der Waals surface area (Å²) in [5, 5.41) is 7.65. The van der Waals surface area contributed by atoms with Gasteiger partial charge in [0.2, 0.25) is 5.65 Å². The molecule has 0 fully saturated rings. The van der Waals surface area contributed by atoms with E-state index in [1.54, 1.807) is 10.9 Å². The molecule has 62 valence electrons. The van der Waals surface area contributed by atoms with Crippen molar-refractivity contribution >= 4 is 11.3 Å². The zero-order valence-corrected chi connectivity index (χ0v) is 7.02. The van der Waals surface area contributed by atoms with Crippen LogP contribution in [0.2, 0.25) is 0 Å². The summed E-state index contributed by atoms with van der Waals surface area (Å²) in [6, 6.07) is 0. The lowest BCUT2D eigenvalue weighted by atomic mass is 10.3. The van der Waals surface area contributed by atoms with Gasteiger partial charge in [0.25, 0.3) is 0 Å². The molecule has 2 aromatic heterocycles. The number of aromatic nitrogens is 5. The maximum absolute atomic E-state index is 4.33. The molecule has 2 rings (SSSR count). The standard InChI is InChI=1S/C7H9N5/c1-3-5-4-8-6-7(9-5)12(2)11-10-6/h4H,3H2,1-2H3. The van der Waals surface area contributed by atoms with Gasteiger partial charge in [-0.25, -0.2) is 14.6 Å². The Labute approximate surface area is 69.4 Å². The van der Waals surface area contributed by atoms with Gasteiger partial charge in [-0.2, -0.15) is 0 Å². The van der Waals surface area contributed by atoms with Crippen LogP contribution in [-0.4, -0.2) is 25.0 Å². The van der Waals surface area contributed by atoms with E-state index < -0.39 is 0 Å². The maximum atomic E-state index is 4.33. The molecule has 0 saturated heterocycles. The van der Waals surface area contributed by atoms with Gasteiger partial charge in [-0.15, -0.1) is 5.10 Å². The van der Waals surface area contributed by atoms with Crippen molar-refractivity contribution in [2.45, 2.75) is 13.3 Å². The number of aryl methyl sites for hydroxylation is 2. The number of rotatable bonds is 1. The van der Waals surface area contributed by atoms with Gasteiger partial charge in [0, 0.05) is 7.05 Å². The Hall–Kier alpha value is -1.52. The SMILES string of the molecule is CCc1cnc2nnn(C)c2n1. The van der Waals surface area contributed by atoms with Crippen molar-refractivity contribution in [3.05, 3.63) is 11.9 Å². The molecule has 0 unspecified atom stereocenters. The molecular formula is C7H9N5. The van der Waals surface area contributed by atoms with Crippen LogP contribution < -0.4 is 0 Å². The average molecular weight is 163 g/mol. The summed E-state index contributed by atoms with van der Waals surface area (Å²) in [7, 11) is 1.81. The van der Waals surface area contributed by atoms with Gasteiger partial charge in [-0.05, 0) is 6.42 Å². The van der Waals surface area contributed by atoms with Crippen molar-refractivity contribution in [1.29, 1.82) is 0 Å². The molecule has 5 heteroatoms. The second-order valence-electron chi connectivity index (χ2n) is 2.58. The molecule has 0 radical (unpaired) electrons. The molecule has 0 aliphatic rings. The minimum Gasteiger partial charge on any atom is -0.230 e. The van der Waals surface area contributed by atoms with Crippen LogP contribution >= 0.6 is 0 Å². The van der Waals surface area contributed by atoms with Gasteiger partial charge in [-0.3, -0.25) is 0 Å². The first-order chi connectivity index (χ1) is 5.81. The van der Waals surface area contributed by atoms with Crippen LogP contribution in [0.1, 0.15) is 12.6 Å². The lowest BCUT2D eigenvalue weighted by Gasteiger charge is -1.94. The minimum absolute atomic E-state index is 0.606. The fourth-order valence-corrected chi connectivity index (χ4v) is 1.02. The number of fused-ring (bicyclic) bond motifs is 1. The van der Waals surface area contributed by atoms with Crippen molar-refractivity contribution in [2.75, 3.05) is 0 Å². The molecule has 0 aliphatic carbocycles. The molecule has 0 bridgehead atoms. The van der Waals surface area contributed by atoms with Crippen LogP contribution in [0, 0.1) is 0 Å². The van der Waals surface area contributed by atoms with E-state index in [9.17, 15) is 0 Å². The highest BCUT2D eigenvalue weighted by atomic mass is 15.4. The lowest BCUT2D eigenvalue weighted by Crippen LogP contribution is -1.95. The van der Waals surface area contributed by atoms with Crippen LogP contribution in [0.15, 0.2) is 6.20 Å². The molecule has 0 amide bonds. The van der Waals surface area contributed by atoms with Crippen LogP contribution in [0.4, 0.5) is 0 Å². The van der Waals surface area contributed by atoms with E-state index in [2.05, 4.69) is 20.3 Å². The zero-order valence-electron chi connectivity index (χ0n) is 7.02. The van der Waals surface area contributed by atoms with Crippen molar-refractivity contribution in [3.63, 3.8) is 0 Å². The Morgan fingerprint density at radius 2 is 2.33 bits per heavy atom. The van der Waals surface area contributed by atoms with Gasteiger partial charge >= 0.3 is 0 Å². The third-order valence-electron chi connectivity index (χ3n) is 1.73. The molecule has 2 heterocycles. The monoisotopic (exact) mass is 163 g/mol. The van der Waals surface area contributed by atoms with E-state index in [4.69, 9.17) is 0 Å². The van der Waals surface area contributed by atoms with E-state index in [0.717, 1.165) is 17.8 Å². The van der Waals surface area contributed by atoms with Crippen LogP contribution in [0.25, 0.3) is 11.3 Å². The third kappa shape index (κ3) is 0.939. The maximum Gasteiger partial charge on any atom is 0.221 e. The summed E-state index contributed by atoms with van der Waals surface area (Å²) in [4.78, 5) is 8.44. The molecule has 12 heavy (non-hydrogen) atoms. The van der Waals surface area contributed by atoms with Crippen LogP contribution in [0.3, 0.4) is 0 Å². The van der Waals surface area contributed by atoms with Crippen molar-refractivity contribution in [3.8, 4) is 0 Å². The van der Waals surface area contributed by atoms with Crippen molar-refractivity contribution in [2.24, 2.45) is 7.05 Å². The second-order valence-corrected chi connectivity index (χ2v) is 2.58. The second kappa shape index (κ2) is 2.51. The fraction of sp³-hybridized carbons (Fsp3) is 0.429. The summed E-state index contributed by atoms with van der Waals surface area (Å²) < 4.78 is 1.63.